The summed E-state index contributed by atoms with van der Waals surface area (Å²) < 4.78 is 5.09. The molecule has 0 spiro atoms. The fourth-order valence-corrected chi connectivity index (χ4v) is 1.76. The summed E-state index contributed by atoms with van der Waals surface area (Å²) in [4.78, 5) is 11.9. The lowest BCUT2D eigenvalue weighted by atomic mass is 10.1. The zero-order valence-electron chi connectivity index (χ0n) is 9.32. The molecule has 3 heteroatoms. The van der Waals surface area contributed by atoms with Crippen molar-refractivity contribution >= 4 is 5.78 Å². The average molecular weight is 217 g/mol. The molecule has 1 N–H and O–H groups in total. The second-order valence-corrected chi connectivity index (χ2v) is 3.80. The molecule has 1 aromatic rings. The van der Waals surface area contributed by atoms with Gasteiger partial charge in [0, 0.05) is 23.9 Å². The van der Waals surface area contributed by atoms with Crippen LogP contribution in [0.5, 0.6) is 5.75 Å². The summed E-state index contributed by atoms with van der Waals surface area (Å²) in [7, 11) is 1.60. The van der Waals surface area contributed by atoms with Gasteiger partial charge in [0.15, 0.2) is 5.78 Å². The Bertz CT molecular complexity index is 416. The zero-order valence-corrected chi connectivity index (χ0v) is 9.32. The standard InChI is InChI=1S/C13H15NO2/c1-16-12-6-2-4-10(8-12)13(15)9-11-5-3-7-14-11/h2,4,6,8-9,14H,3,5,7H2,1H3. The second-order valence-electron chi connectivity index (χ2n) is 3.80. The first kappa shape index (κ1) is 10.7. The summed E-state index contributed by atoms with van der Waals surface area (Å²) in [6.45, 7) is 0.969. The normalized spacial score (nSPS) is 17.2. The molecule has 0 aliphatic carbocycles. The van der Waals surface area contributed by atoms with Gasteiger partial charge in [-0.3, -0.25) is 4.79 Å². The minimum absolute atomic E-state index is 0.0308. The van der Waals surface area contributed by atoms with Crippen LogP contribution in [0.2, 0.25) is 0 Å². The van der Waals surface area contributed by atoms with E-state index in [0.717, 1.165) is 25.1 Å². The number of ketones is 1. The maximum atomic E-state index is 11.9. The molecule has 0 unspecified atom stereocenters. The molecular formula is C13H15NO2. The first-order valence-electron chi connectivity index (χ1n) is 5.42. The van der Waals surface area contributed by atoms with Crippen LogP contribution < -0.4 is 10.1 Å². The van der Waals surface area contributed by atoms with Crippen molar-refractivity contribution in [2.45, 2.75) is 12.8 Å². The Hall–Kier alpha value is -1.77. The van der Waals surface area contributed by atoms with Gasteiger partial charge in [0.1, 0.15) is 5.75 Å². The highest BCUT2D eigenvalue weighted by Gasteiger charge is 2.09. The number of hydrogen-bond acceptors (Lipinski definition) is 3. The van der Waals surface area contributed by atoms with Crippen molar-refractivity contribution in [3.05, 3.63) is 41.6 Å². The Morgan fingerprint density at radius 3 is 3.06 bits per heavy atom. The third kappa shape index (κ3) is 2.42. The van der Waals surface area contributed by atoms with Crippen molar-refractivity contribution in [2.75, 3.05) is 13.7 Å². The van der Waals surface area contributed by atoms with Crippen LogP contribution in [0.15, 0.2) is 36.0 Å². The Balaban J connectivity index is 2.16. The van der Waals surface area contributed by atoms with E-state index in [1.54, 1.807) is 25.3 Å². The van der Waals surface area contributed by atoms with Crippen LogP contribution in [0.3, 0.4) is 0 Å². The quantitative estimate of drug-likeness (QED) is 0.622. The number of carbonyl (C=O) groups excluding carboxylic acids is 1. The van der Waals surface area contributed by atoms with Gasteiger partial charge in [0.2, 0.25) is 0 Å². The SMILES string of the molecule is COc1cccc(C(=O)C=C2CCCN2)c1. The fourth-order valence-electron chi connectivity index (χ4n) is 1.76. The average Bonchev–Trinajstić information content (AvgIpc) is 2.82. The van der Waals surface area contributed by atoms with Crippen LogP contribution in [0.25, 0.3) is 0 Å². The summed E-state index contributed by atoms with van der Waals surface area (Å²) >= 11 is 0. The van der Waals surface area contributed by atoms with Gasteiger partial charge >= 0.3 is 0 Å². The van der Waals surface area contributed by atoms with Crippen molar-refractivity contribution in [3.63, 3.8) is 0 Å². The van der Waals surface area contributed by atoms with Gasteiger partial charge in [0.25, 0.3) is 0 Å². The molecule has 1 aromatic carbocycles. The van der Waals surface area contributed by atoms with E-state index in [9.17, 15) is 4.79 Å². The van der Waals surface area contributed by atoms with E-state index in [2.05, 4.69) is 5.32 Å². The third-order valence-electron chi connectivity index (χ3n) is 2.63. The number of ether oxygens (including phenoxy) is 1. The van der Waals surface area contributed by atoms with Crippen molar-refractivity contribution in [2.24, 2.45) is 0 Å². The predicted molar refractivity (Wildman–Crippen MR) is 62.6 cm³/mol. The van der Waals surface area contributed by atoms with Crippen molar-refractivity contribution in [3.8, 4) is 5.75 Å². The molecule has 0 bridgehead atoms. The number of nitrogens with one attached hydrogen (secondary N) is 1. The summed E-state index contributed by atoms with van der Waals surface area (Å²) in [6, 6.07) is 7.22. The summed E-state index contributed by atoms with van der Waals surface area (Å²) in [6.07, 6.45) is 3.76. The van der Waals surface area contributed by atoms with E-state index in [4.69, 9.17) is 4.74 Å². The Morgan fingerprint density at radius 1 is 1.50 bits per heavy atom. The molecule has 3 nitrogen and oxygen atoms in total. The van der Waals surface area contributed by atoms with E-state index >= 15 is 0 Å². The maximum Gasteiger partial charge on any atom is 0.187 e. The highest BCUT2D eigenvalue weighted by Crippen LogP contribution is 2.15. The maximum absolute atomic E-state index is 11.9. The van der Waals surface area contributed by atoms with Crippen LogP contribution in [-0.4, -0.2) is 19.4 Å². The van der Waals surface area contributed by atoms with E-state index in [1.807, 2.05) is 12.1 Å². The monoisotopic (exact) mass is 217 g/mol. The van der Waals surface area contributed by atoms with Crippen LogP contribution in [0, 0.1) is 0 Å². The van der Waals surface area contributed by atoms with Gasteiger partial charge in [-0.05, 0) is 25.0 Å². The Labute approximate surface area is 95.1 Å². The molecule has 0 amide bonds. The van der Waals surface area contributed by atoms with Crippen LogP contribution >= 0.6 is 0 Å². The van der Waals surface area contributed by atoms with Gasteiger partial charge in [-0.15, -0.1) is 0 Å². The van der Waals surface area contributed by atoms with E-state index < -0.39 is 0 Å². The highest BCUT2D eigenvalue weighted by atomic mass is 16.5. The van der Waals surface area contributed by atoms with Gasteiger partial charge in [-0.1, -0.05) is 12.1 Å². The van der Waals surface area contributed by atoms with Crippen molar-refractivity contribution in [1.82, 2.24) is 5.32 Å². The summed E-state index contributed by atoms with van der Waals surface area (Å²) in [5.74, 6) is 0.743. The van der Waals surface area contributed by atoms with Crippen LogP contribution in [0.4, 0.5) is 0 Å². The molecule has 0 aromatic heterocycles. The highest BCUT2D eigenvalue weighted by molar-refractivity contribution is 6.05. The number of allylic oxidation sites excluding steroid dienone is 2. The molecule has 0 saturated carbocycles. The van der Waals surface area contributed by atoms with E-state index in [-0.39, 0.29) is 5.78 Å². The predicted octanol–water partition coefficient (Wildman–Crippen LogP) is 2.15. The fraction of sp³-hybridized carbons (Fsp3) is 0.308. The Morgan fingerprint density at radius 2 is 2.38 bits per heavy atom. The molecule has 0 radical (unpaired) electrons. The van der Waals surface area contributed by atoms with Gasteiger partial charge in [-0.25, -0.2) is 0 Å². The topological polar surface area (TPSA) is 38.3 Å². The number of rotatable bonds is 3. The van der Waals surface area contributed by atoms with Gasteiger partial charge in [0.05, 0.1) is 7.11 Å². The number of methoxy groups -OCH3 is 1. The van der Waals surface area contributed by atoms with Gasteiger partial charge in [-0.2, -0.15) is 0 Å². The van der Waals surface area contributed by atoms with Crippen LogP contribution in [-0.2, 0) is 0 Å². The number of benzene rings is 1. The third-order valence-corrected chi connectivity index (χ3v) is 2.63. The lowest BCUT2D eigenvalue weighted by molar-refractivity contribution is 0.104. The molecule has 2 rings (SSSR count). The molecule has 0 atom stereocenters. The lowest BCUT2D eigenvalue weighted by Gasteiger charge is -2.02. The summed E-state index contributed by atoms with van der Waals surface area (Å²) in [5, 5.41) is 3.19. The minimum atomic E-state index is 0.0308. The van der Waals surface area contributed by atoms with Crippen LogP contribution in [0.1, 0.15) is 23.2 Å². The molecule has 84 valence electrons. The molecule has 1 aliphatic heterocycles. The Kier molecular flexibility index (Phi) is 3.25. The number of carbonyl (C=O) groups is 1. The second kappa shape index (κ2) is 4.84. The molecule has 1 fully saturated rings. The summed E-state index contributed by atoms with van der Waals surface area (Å²) in [5.41, 5.74) is 1.70. The zero-order chi connectivity index (χ0) is 11.4. The van der Waals surface area contributed by atoms with Crippen molar-refractivity contribution < 1.29 is 9.53 Å². The van der Waals surface area contributed by atoms with Gasteiger partial charge < -0.3 is 10.1 Å². The first-order valence-corrected chi connectivity index (χ1v) is 5.42. The largest absolute Gasteiger partial charge is 0.497 e. The first-order chi connectivity index (χ1) is 7.79. The van der Waals surface area contributed by atoms with Crippen molar-refractivity contribution in [1.29, 1.82) is 0 Å². The van der Waals surface area contributed by atoms with E-state index in [0.29, 0.717) is 11.3 Å². The molecule has 1 saturated heterocycles. The van der Waals surface area contributed by atoms with E-state index in [1.165, 1.54) is 0 Å². The smallest absolute Gasteiger partial charge is 0.187 e. The lowest BCUT2D eigenvalue weighted by Crippen LogP contribution is -2.06. The molecule has 1 aliphatic rings. The molecule has 1 heterocycles. The molecular weight excluding hydrogens is 202 g/mol. The number of hydrogen-bond donors (Lipinski definition) is 1. The minimum Gasteiger partial charge on any atom is -0.497 e. The molecule has 16 heavy (non-hydrogen) atoms.